The zero-order valence-electron chi connectivity index (χ0n) is 10.2. The molecule has 7 heteroatoms. The van der Waals surface area contributed by atoms with Crippen LogP contribution in [-0.2, 0) is 0 Å². The normalized spacial score (nSPS) is 18.6. The maximum Gasteiger partial charge on any atom is 0.283 e. The summed E-state index contributed by atoms with van der Waals surface area (Å²) in [5.74, 6) is -0.0605. The largest absolute Gasteiger partial charge is 0.338 e. The van der Waals surface area contributed by atoms with Crippen molar-refractivity contribution in [2.24, 2.45) is 11.7 Å². The first-order valence-electron chi connectivity index (χ1n) is 5.96. The molecule has 1 aromatic rings. The number of amides is 1. The van der Waals surface area contributed by atoms with Gasteiger partial charge in [0.2, 0.25) is 0 Å². The molecule has 1 atom stereocenters. The summed E-state index contributed by atoms with van der Waals surface area (Å²) in [7, 11) is 0. The van der Waals surface area contributed by atoms with E-state index in [4.69, 9.17) is 17.3 Å². The first-order valence-corrected chi connectivity index (χ1v) is 6.34. The zero-order chi connectivity index (χ0) is 14.0. The van der Waals surface area contributed by atoms with Crippen LogP contribution in [-0.4, -0.2) is 35.4 Å². The summed E-state index contributed by atoms with van der Waals surface area (Å²) in [6, 6.07) is 4.09. The Balaban J connectivity index is 2.27. The summed E-state index contributed by atoms with van der Waals surface area (Å²) in [5.41, 5.74) is 5.39. The summed E-state index contributed by atoms with van der Waals surface area (Å²) in [5, 5.41) is 11.2. The minimum Gasteiger partial charge on any atom is -0.338 e. The Morgan fingerprint density at radius 2 is 2.32 bits per heavy atom. The standard InChI is InChI=1S/C12H14ClN3O3/c13-9-1-2-10(11(5-9)16(18)19)12(17)15-4-3-8(6-14)7-15/h1-2,5,8H,3-4,6-7,14H2. The Labute approximate surface area is 115 Å². The number of carbonyl (C=O) groups excluding carboxylic acids is 1. The van der Waals surface area contributed by atoms with E-state index in [9.17, 15) is 14.9 Å². The second kappa shape index (κ2) is 5.54. The summed E-state index contributed by atoms with van der Waals surface area (Å²) in [4.78, 5) is 24.3. The van der Waals surface area contributed by atoms with Crippen molar-refractivity contribution in [1.29, 1.82) is 0 Å². The highest BCUT2D eigenvalue weighted by Crippen LogP contribution is 2.26. The quantitative estimate of drug-likeness (QED) is 0.675. The molecule has 1 aliphatic heterocycles. The molecule has 1 heterocycles. The summed E-state index contributed by atoms with van der Waals surface area (Å²) < 4.78 is 0. The molecule has 2 N–H and O–H groups in total. The van der Waals surface area contributed by atoms with Gasteiger partial charge in [-0.1, -0.05) is 11.6 Å². The van der Waals surface area contributed by atoms with Gasteiger partial charge in [-0.05, 0) is 31.0 Å². The maximum atomic E-state index is 12.3. The molecular formula is C12H14ClN3O3. The Morgan fingerprint density at radius 3 is 2.89 bits per heavy atom. The predicted molar refractivity (Wildman–Crippen MR) is 71.2 cm³/mol. The van der Waals surface area contributed by atoms with Gasteiger partial charge in [0, 0.05) is 24.2 Å². The zero-order valence-corrected chi connectivity index (χ0v) is 11.0. The van der Waals surface area contributed by atoms with Crippen molar-refractivity contribution in [1.82, 2.24) is 4.90 Å². The van der Waals surface area contributed by atoms with Gasteiger partial charge >= 0.3 is 0 Å². The van der Waals surface area contributed by atoms with Crippen LogP contribution in [0, 0.1) is 16.0 Å². The third-order valence-electron chi connectivity index (χ3n) is 3.29. The van der Waals surface area contributed by atoms with Crippen molar-refractivity contribution >= 4 is 23.2 Å². The van der Waals surface area contributed by atoms with Crippen LogP contribution >= 0.6 is 11.6 Å². The number of benzene rings is 1. The summed E-state index contributed by atoms with van der Waals surface area (Å²) in [6.45, 7) is 1.65. The van der Waals surface area contributed by atoms with Gasteiger partial charge in [-0.25, -0.2) is 0 Å². The average molecular weight is 284 g/mol. The number of carbonyl (C=O) groups is 1. The molecule has 1 unspecified atom stereocenters. The number of halogens is 1. The van der Waals surface area contributed by atoms with E-state index in [-0.39, 0.29) is 28.1 Å². The van der Waals surface area contributed by atoms with Crippen molar-refractivity contribution in [3.8, 4) is 0 Å². The SMILES string of the molecule is NCC1CCN(C(=O)c2ccc(Cl)cc2[N+](=O)[O-])C1. The van der Waals surface area contributed by atoms with Crippen LogP contribution in [0.3, 0.4) is 0 Å². The fourth-order valence-corrected chi connectivity index (χ4v) is 2.38. The predicted octanol–water partition coefficient (Wildman–Crippen LogP) is 1.67. The maximum absolute atomic E-state index is 12.3. The molecule has 1 aliphatic rings. The number of hydrogen-bond acceptors (Lipinski definition) is 4. The first-order chi connectivity index (χ1) is 9.02. The van der Waals surface area contributed by atoms with Crippen LogP contribution in [0.25, 0.3) is 0 Å². The molecule has 2 rings (SSSR count). The molecule has 1 fully saturated rings. The van der Waals surface area contributed by atoms with Gasteiger partial charge in [-0.15, -0.1) is 0 Å². The van der Waals surface area contributed by atoms with E-state index < -0.39 is 4.92 Å². The van der Waals surface area contributed by atoms with Crippen LogP contribution in [0.15, 0.2) is 18.2 Å². The van der Waals surface area contributed by atoms with Crippen LogP contribution < -0.4 is 5.73 Å². The number of rotatable bonds is 3. The molecule has 1 aromatic carbocycles. The average Bonchev–Trinajstić information content (AvgIpc) is 2.86. The number of hydrogen-bond donors (Lipinski definition) is 1. The van der Waals surface area contributed by atoms with Gasteiger partial charge in [-0.3, -0.25) is 14.9 Å². The lowest BCUT2D eigenvalue weighted by Crippen LogP contribution is -2.30. The third kappa shape index (κ3) is 2.85. The van der Waals surface area contributed by atoms with Crippen molar-refractivity contribution in [3.05, 3.63) is 38.9 Å². The minimum atomic E-state index is -0.588. The van der Waals surface area contributed by atoms with Crippen molar-refractivity contribution in [3.63, 3.8) is 0 Å². The smallest absolute Gasteiger partial charge is 0.283 e. The van der Waals surface area contributed by atoms with Gasteiger partial charge in [0.25, 0.3) is 11.6 Å². The Hall–Kier alpha value is -1.66. The Morgan fingerprint density at radius 1 is 1.58 bits per heavy atom. The van der Waals surface area contributed by atoms with Gasteiger partial charge in [0.1, 0.15) is 5.56 Å². The highest BCUT2D eigenvalue weighted by Gasteiger charge is 2.30. The highest BCUT2D eigenvalue weighted by molar-refractivity contribution is 6.31. The van der Waals surface area contributed by atoms with E-state index in [0.29, 0.717) is 19.6 Å². The molecule has 0 radical (unpaired) electrons. The topological polar surface area (TPSA) is 89.5 Å². The summed E-state index contributed by atoms with van der Waals surface area (Å²) >= 11 is 5.72. The number of nitrogens with zero attached hydrogens (tertiary/aromatic N) is 2. The first kappa shape index (κ1) is 13.8. The fraction of sp³-hybridized carbons (Fsp3) is 0.417. The van der Waals surface area contributed by atoms with Crippen LogP contribution in [0.4, 0.5) is 5.69 Å². The Kier molecular flexibility index (Phi) is 4.01. The van der Waals surface area contributed by atoms with Gasteiger partial charge in [0.15, 0.2) is 0 Å². The number of nitrogens with two attached hydrogens (primary N) is 1. The van der Waals surface area contributed by atoms with Crippen molar-refractivity contribution in [2.75, 3.05) is 19.6 Å². The second-order valence-corrected chi connectivity index (χ2v) is 5.00. The summed E-state index contributed by atoms with van der Waals surface area (Å²) in [6.07, 6.45) is 0.837. The second-order valence-electron chi connectivity index (χ2n) is 4.56. The number of likely N-dealkylation sites (tertiary alicyclic amines) is 1. The van der Waals surface area contributed by atoms with E-state index in [2.05, 4.69) is 0 Å². The number of nitro groups is 1. The molecule has 0 bridgehead atoms. The molecule has 1 amide bonds. The minimum absolute atomic E-state index is 0.0760. The molecule has 0 aromatic heterocycles. The molecule has 102 valence electrons. The molecule has 0 spiro atoms. The molecule has 0 aliphatic carbocycles. The molecule has 19 heavy (non-hydrogen) atoms. The van der Waals surface area contributed by atoms with E-state index in [1.807, 2.05) is 0 Å². The van der Waals surface area contributed by atoms with Crippen LogP contribution in [0.2, 0.25) is 5.02 Å². The highest BCUT2D eigenvalue weighted by atomic mass is 35.5. The third-order valence-corrected chi connectivity index (χ3v) is 3.53. The van der Waals surface area contributed by atoms with Crippen molar-refractivity contribution in [2.45, 2.75) is 6.42 Å². The van der Waals surface area contributed by atoms with E-state index in [0.717, 1.165) is 6.42 Å². The molecule has 1 saturated heterocycles. The van der Waals surface area contributed by atoms with E-state index in [1.54, 1.807) is 4.90 Å². The lowest BCUT2D eigenvalue weighted by Gasteiger charge is -2.16. The van der Waals surface area contributed by atoms with Gasteiger partial charge in [-0.2, -0.15) is 0 Å². The van der Waals surface area contributed by atoms with Crippen molar-refractivity contribution < 1.29 is 9.72 Å². The van der Waals surface area contributed by atoms with Gasteiger partial charge < -0.3 is 10.6 Å². The van der Waals surface area contributed by atoms with Crippen LogP contribution in [0.1, 0.15) is 16.8 Å². The van der Waals surface area contributed by atoms with E-state index in [1.165, 1.54) is 18.2 Å². The Bertz CT molecular complexity index is 521. The molecular weight excluding hydrogens is 270 g/mol. The molecule has 6 nitrogen and oxygen atoms in total. The van der Waals surface area contributed by atoms with E-state index >= 15 is 0 Å². The monoisotopic (exact) mass is 283 g/mol. The number of nitro benzene ring substituents is 1. The molecule has 0 saturated carbocycles. The van der Waals surface area contributed by atoms with Crippen LogP contribution in [0.5, 0.6) is 0 Å². The lowest BCUT2D eigenvalue weighted by atomic mass is 10.1. The van der Waals surface area contributed by atoms with Gasteiger partial charge in [0.05, 0.1) is 4.92 Å². The fourth-order valence-electron chi connectivity index (χ4n) is 2.22. The lowest BCUT2D eigenvalue weighted by molar-refractivity contribution is -0.385.